The fraction of sp³-hybridized carbons (Fsp3) is 0.500. The van der Waals surface area contributed by atoms with Crippen LogP contribution in [0.3, 0.4) is 0 Å². The largest absolute Gasteiger partial charge is 0.455 e. The minimum absolute atomic E-state index is 0.0750. The minimum Gasteiger partial charge on any atom is -0.455 e. The molecule has 5 atom stereocenters. The average Bonchev–Trinajstić information content (AvgIpc) is 3.52. The normalized spacial score (nSPS) is 22.6. The Morgan fingerprint density at radius 1 is 1.09 bits per heavy atom. The van der Waals surface area contributed by atoms with Crippen molar-refractivity contribution in [3.05, 3.63) is 54.0 Å². The maximum atomic E-state index is 12.9. The van der Waals surface area contributed by atoms with E-state index in [1.807, 2.05) is 12.1 Å². The van der Waals surface area contributed by atoms with Crippen molar-refractivity contribution in [1.29, 1.82) is 5.26 Å². The minimum atomic E-state index is -3.14. The number of carbonyl (C=O) groups is 2. The lowest BCUT2D eigenvalue weighted by Crippen LogP contribution is -2.47. The first-order chi connectivity index (χ1) is 20.7. The molecule has 0 saturated carbocycles. The molecule has 1 aromatic carbocycles. The number of esters is 2. The summed E-state index contributed by atoms with van der Waals surface area (Å²) >= 11 is 0. The number of carbonyl (C=O) groups excluding carboxylic acids is 2. The number of hydrogen-bond donors (Lipinski definition) is 1. The number of nitrogen functional groups attached to an aromatic ring is 1. The van der Waals surface area contributed by atoms with Crippen molar-refractivity contribution in [2.45, 2.75) is 77.8 Å². The van der Waals surface area contributed by atoms with E-state index in [1.54, 1.807) is 45.9 Å². The van der Waals surface area contributed by atoms with Crippen LogP contribution in [0, 0.1) is 23.2 Å². The van der Waals surface area contributed by atoms with Gasteiger partial charge in [-0.15, -0.1) is 0 Å². The summed E-state index contributed by atoms with van der Waals surface area (Å²) in [4.78, 5) is 29.8. The van der Waals surface area contributed by atoms with Crippen LogP contribution >= 0.6 is 8.25 Å². The number of anilines is 1. The molecule has 1 aliphatic rings. The van der Waals surface area contributed by atoms with Gasteiger partial charge in [-0.1, -0.05) is 60.6 Å². The van der Waals surface area contributed by atoms with E-state index < -0.39 is 62.5 Å². The number of nitrogens with zero attached hydrogens (tertiary/aromatic N) is 4. The Balaban J connectivity index is 1.68. The molecule has 0 bridgehead atoms. The molecule has 1 aliphatic heterocycles. The number of nitrogens with two attached hydrogens (primary N) is 1. The third-order valence-electron chi connectivity index (χ3n) is 7.16. The van der Waals surface area contributed by atoms with Crippen molar-refractivity contribution in [2.24, 2.45) is 11.8 Å². The molecule has 14 heteroatoms. The van der Waals surface area contributed by atoms with Crippen LogP contribution in [0.15, 0.2) is 42.7 Å². The molecule has 0 amide bonds. The van der Waals surface area contributed by atoms with Crippen LogP contribution in [0.1, 0.15) is 59.7 Å². The smallest absolute Gasteiger partial charge is 0.367 e. The van der Waals surface area contributed by atoms with Gasteiger partial charge in [0, 0.05) is 0 Å². The monoisotopic (exact) mass is 627 g/mol. The lowest BCUT2D eigenvalue weighted by Gasteiger charge is -2.29. The second-order valence-electron chi connectivity index (χ2n) is 12.2. The Bertz CT molecular complexity index is 1580. The van der Waals surface area contributed by atoms with Crippen molar-refractivity contribution in [2.75, 3.05) is 12.3 Å². The Morgan fingerprint density at radius 2 is 1.73 bits per heavy atom. The summed E-state index contributed by atoms with van der Waals surface area (Å²) in [5.41, 5.74) is 5.51. The molecule has 0 spiro atoms. The molecule has 0 aliphatic carbocycles. The number of nitriles is 1. The first kappa shape index (κ1) is 32.9. The zero-order valence-electron chi connectivity index (χ0n) is 25.8. The van der Waals surface area contributed by atoms with Crippen LogP contribution < -0.4 is 10.3 Å². The molecule has 44 heavy (non-hydrogen) atoms. The fourth-order valence-corrected chi connectivity index (χ4v) is 5.32. The third-order valence-corrected chi connectivity index (χ3v) is 7.96. The van der Waals surface area contributed by atoms with Gasteiger partial charge in [0.15, 0.2) is 18.0 Å². The van der Waals surface area contributed by atoms with Crippen LogP contribution in [-0.4, -0.2) is 51.5 Å². The van der Waals surface area contributed by atoms with Gasteiger partial charge in [-0.2, -0.15) is 10.4 Å². The highest BCUT2D eigenvalue weighted by atomic mass is 31.1. The quantitative estimate of drug-likeness (QED) is 0.249. The van der Waals surface area contributed by atoms with E-state index in [2.05, 4.69) is 36.9 Å². The van der Waals surface area contributed by atoms with Gasteiger partial charge in [0.2, 0.25) is 5.60 Å². The van der Waals surface area contributed by atoms with Crippen molar-refractivity contribution in [3.8, 4) is 11.8 Å². The number of fused-ring (bicyclic) bond motifs is 1. The first-order valence-corrected chi connectivity index (χ1v) is 15.4. The van der Waals surface area contributed by atoms with Crippen molar-refractivity contribution < 1.29 is 37.4 Å². The van der Waals surface area contributed by atoms with E-state index in [1.165, 1.54) is 16.9 Å². The number of hydrogen-bond acceptors (Lipinski definition) is 12. The van der Waals surface area contributed by atoms with Gasteiger partial charge in [0.1, 0.15) is 29.8 Å². The van der Waals surface area contributed by atoms with E-state index in [0.29, 0.717) is 11.3 Å². The van der Waals surface area contributed by atoms with Gasteiger partial charge in [0.05, 0.1) is 24.1 Å². The highest BCUT2D eigenvalue weighted by molar-refractivity contribution is 7.33. The number of rotatable bonds is 10. The standard InChI is InChI=1S/C30H38N5O8P/c1-17(2)27(36)40-24-22(14-39-44(38)43-20-10-8-19(9-11-20)29(5,6)7)42-30(15-31,25(24)41-28(37)18(3)4)23-13-12-21-26(32)33-16-34-35(21)23/h8-13,16-18,22,24-25,44H,14H2,1-7H3,(H2,32,33,34)/t22-,24-,25-,30+/m1/s1. The molecule has 1 saturated heterocycles. The van der Waals surface area contributed by atoms with Crippen molar-refractivity contribution in [3.63, 3.8) is 0 Å². The van der Waals surface area contributed by atoms with Gasteiger partial charge in [0.25, 0.3) is 0 Å². The summed E-state index contributed by atoms with van der Waals surface area (Å²) in [5.74, 6) is -1.95. The molecular formula is C30H38N5O8P. The molecule has 2 N–H and O–H groups in total. The molecule has 0 radical (unpaired) electrons. The van der Waals surface area contributed by atoms with Gasteiger partial charge in [-0.05, 0) is 35.2 Å². The van der Waals surface area contributed by atoms with Gasteiger partial charge in [-0.25, -0.2) is 14.1 Å². The Kier molecular flexibility index (Phi) is 9.68. The summed E-state index contributed by atoms with van der Waals surface area (Å²) < 4.78 is 43.3. The van der Waals surface area contributed by atoms with Gasteiger partial charge < -0.3 is 24.5 Å². The first-order valence-electron chi connectivity index (χ1n) is 14.2. The van der Waals surface area contributed by atoms with Crippen LogP contribution in [0.2, 0.25) is 0 Å². The topological polar surface area (TPSA) is 177 Å². The van der Waals surface area contributed by atoms with Crippen LogP contribution in [-0.2, 0) is 43.9 Å². The maximum Gasteiger partial charge on any atom is 0.367 e. The molecular weight excluding hydrogens is 589 g/mol. The van der Waals surface area contributed by atoms with E-state index in [9.17, 15) is 19.4 Å². The maximum absolute atomic E-state index is 12.9. The van der Waals surface area contributed by atoms with Crippen LogP contribution in [0.4, 0.5) is 5.82 Å². The summed E-state index contributed by atoms with van der Waals surface area (Å²) in [6, 6.07) is 12.4. The summed E-state index contributed by atoms with van der Waals surface area (Å²) in [7, 11) is -3.14. The lowest BCUT2D eigenvalue weighted by atomic mass is 9.87. The third kappa shape index (κ3) is 6.73. The number of benzene rings is 1. The molecule has 236 valence electrons. The molecule has 4 rings (SSSR count). The van der Waals surface area contributed by atoms with Crippen LogP contribution in [0.5, 0.6) is 5.75 Å². The lowest BCUT2D eigenvalue weighted by molar-refractivity contribution is -0.173. The Labute approximate surface area is 256 Å². The molecule has 3 heterocycles. The second kappa shape index (κ2) is 12.9. The molecule has 13 nitrogen and oxygen atoms in total. The summed E-state index contributed by atoms with van der Waals surface area (Å²) in [6.45, 7) is 12.3. The van der Waals surface area contributed by atoms with Gasteiger partial charge >= 0.3 is 20.2 Å². The van der Waals surface area contributed by atoms with Crippen LogP contribution in [0.25, 0.3) is 5.52 Å². The molecule has 2 aromatic heterocycles. The Hall–Kier alpha value is -3.98. The van der Waals surface area contributed by atoms with E-state index in [0.717, 1.165) is 5.56 Å². The molecule has 1 fully saturated rings. The zero-order valence-corrected chi connectivity index (χ0v) is 26.8. The van der Waals surface area contributed by atoms with Crippen molar-refractivity contribution in [1.82, 2.24) is 14.6 Å². The Morgan fingerprint density at radius 3 is 2.32 bits per heavy atom. The highest BCUT2D eigenvalue weighted by Crippen LogP contribution is 2.45. The zero-order chi connectivity index (χ0) is 32.4. The average molecular weight is 628 g/mol. The predicted octanol–water partition coefficient (Wildman–Crippen LogP) is 4.35. The van der Waals surface area contributed by atoms with Gasteiger partial charge in [-0.3, -0.25) is 14.1 Å². The SMILES string of the molecule is CC(C)C(=O)O[C@H]1[C@@H](OC(=O)C(C)C)[C@](C#N)(c2ccc3c(N)ncnn23)O[C@@H]1CO[PH](=O)Oc1ccc(C(C)(C)C)cc1. The molecule has 3 aromatic rings. The summed E-state index contributed by atoms with van der Waals surface area (Å²) in [6.07, 6.45) is -2.78. The van der Waals surface area contributed by atoms with E-state index >= 15 is 0 Å². The van der Waals surface area contributed by atoms with E-state index in [4.69, 9.17) is 29.0 Å². The second-order valence-corrected chi connectivity index (χ2v) is 13.2. The summed E-state index contributed by atoms with van der Waals surface area (Å²) in [5, 5.41) is 14.9. The van der Waals surface area contributed by atoms with Crippen molar-refractivity contribution >= 4 is 31.5 Å². The molecule has 1 unspecified atom stereocenters. The number of aromatic nitrogens is 3. The fourth-order valence-electron chi connectivity index (χ4n) is 4.63. The van der Waals surface area contributed by atoms with E-state index in [-0.39, 0.29) is 16.9 Å². The predicted molar refractivity (Wildman–Crippen MR) is 160 cm³/mol. The highest BCUT2D eigenvalue weighted by Gasteiger charge is 2.62. The number of ether oxygens (including phenoxy) is 3.